The topological polar surface area (TPSA) is 63.1 Å². The van der Waals surface area contributed by atoms with Crippen LogP contribution in [0, 0.1) is 13.8 Å². The first-order chi connectivity index (χ1) is 14.5. The summed E-state index contributed by atoms with van der Waals surface area (Å²) < 4.78 is 1.82. The maximum atomic E-state index is 12.4. The van der Waals surface area contributed by atoms with E-state index in [1.807, 2.05) is 18.5 Å². The van der Waals surface area contributed by atoms with E-state index >= 15 is 0 Å². The van der Waals surface area contributed by atoms with Crippen LogP contribution in [-0.4, -0.2) is 51.2 Å². The smallest absolute Gasteiger partial charge is 0.222 e. The Balaban J connectivity index is 1.24. The second-order valence-electron chi connectivity index (χ2n) is 9.15. The molecule has 0 radical (unpaired) electrons. The molecule has 0 spiro atoms. The van der Waals surface area contributed by atoms with E-state index in [0.717, 1.165) is 44.1 Å². The summed E-state index contributed by atoms with van der Waals surface area (Å²) in [5, 5.41) is 7.58. The molecule has 0 unspecified atom stereocenters. The van der Waals surface area contributed by atoms with Gasteiger partial charge in [0.25, 0.3) is 0 Å². The molecule has 1 saturated heterocycles. The second-order valence-corrected chi connectivity index (χ2v) is 9.15. The summed E-state index contributed by atoms with van der Waals surface area (Å²) in [6, 6.07) is 11.4. The number of benzene rings is 1. The number of aryl methyl sites for hydroxylation is 3. The number of carbonyl (C=O) groups is 1. The molecule has 0 bridgehead atoms. The first-order valence-electron chi connectivity index (χ1n) is 11.5. The first-order valence-corrected chi connectivity index (χ1v) is 11.5. The number of nitrogens with one attached hydrogen (secondary N) is 1. The lowest BCUT2D eigenvalue weighted by Crippen LogP contribution is -2.48. The fourth-order valence-corrected chi connectivity index (χ4v) is 5.33. The Morgan fingerprint density at radius 3 is 2.47 bits per heavy atom. The third-order valence-electron chi connectivity index (χ3n) is 6.94. The summed E-state index contributed by atoms with van der Waals surface area (Å²) >= 11 is 0. The van der Waals surface area contributed by atoms with Crippen molar-refractivity contribution in [3.63, 3.8) is 0 Å². The van der Waals surface area contributed by atoms with Gasteiger partial charge >= 0.3 is 0 Å². The molecule has 1 aromatic carbocycles. The van der Waals surface area contributed by atoms with Gasteiger partial charge in [0.15, 0.2) is 0 Å². The summed E-state index contributed by atoms with van der Waals surface area (Å²) in [6.07, 6.45) is 7.82. The van der Waals surface area contributed by atoms with Crippen molar-refractivity contribution in [1.82, 2.24) is 25.0 Å². The van der Waals surface area contributed by atoms with Crippen LogP contribution in [-0.2, 0) is 16.8 Å². The van der Waals surface area contributed by atoms with Gasteiger partial charge in [0.1, 0.15) is 11.6 Å². The molecule has 0 atom stereocenters. The fourth-order valence-electron chi connectivity index (χ4n) is 5.33. The molecule has 162 valence electrons. The molecule has 6 nitrogen and oxygen atoms in total. The van der Waals surface area contributed by atoms with Gasteiger partial charge in [-0.05, 0) is 45.1 Å². The van der Waals surface area contributed by atoms with E-state index in [0.29, 0.717) is 24.4 Å². The number of amides is 1. The molecule has 2 heterocycles. The van der Waals surface area contributed by atoms with Gasteiger partial charge in [-0.1, -0.05) is 43.2 Å². The van der Waals surface area contributed by atoms with Gasteiger partial charge in [-0.15, -0.1) is 0 Å². The molecule has 1 amide bonds. The Labute approximate surface area is 180 Å². The van der Waals surface area contributed by atoms with Gasteiger partial charge in [-0.3, -0.25) is 4.79 Å². The zero-order valence-electron chi connectivity index (χ0n) is 18.4. The van der Waals surface area contributed by atoms with Crippen molar-refractivity contribution in [2.24, 2.45) is 0 Å². The number of likely N-dealkylation sites (tertiary alicyclic amines) is 1. The largest absolute Gasteiger partial charge is 0.353 e. The van der Waals surface area contributed by atoms with Crippen molar-refractivity contribution in [3.8, 4) is 0 Å². The van der Waals surface area contributed by atoms with E-state index in [1.54, 1.807) is 0 Å². The molecule has 1 N–H and O–H groups in total. The Morgan fingerprint density at radius 1 is 1.13 bits per heavy atom. The molecule has 2 aliphatic rings. The molecule has 2 fully saturated rings. The third kappa shape index (κ3) is 4.91. The zero-order chi connectivity index (χ0) is 21.0. The second kappa shape index (κ2) is 9.29. The number of aromatic nitrogens is 3. The summed E-state index contributed by atoms with van der Waals surface area (Å²) in [5.74, 6) is 1.75. The van der Waals surface area contributed by atoms with Crippen molar-refractivity contribution in [2.45, 2.75) is 76.8 Å². The van der Waals surface area contributed by atoms with E-state index in [1.165, 1.54) is 31.2 Å². The van der Waals surface area contributed by atoms with Crippen molar-refractivity contribution in [1.29, 1.82) is 0 Å². The summed E-state index contributed by atoms with van der Waals surface area (Å²) in [6.45, 7) is 7.70. The molecular formula is C24H35N5O. The Morgan fingerprint density at radius 2 is 1.83 bits per heavy atom. The maximum Gasteiger partial charge on any atom is 0.222 e. The quantitative estimate of drug-likeness (QED) is 0.762. The summed E-state index contributed by atoms with van der Waals surface area (Å²) in [7, 11) is 0. The van der Waals surface area contributed by atoms with Crippen molar-refractivity contribution in [2.75, 3.05) is 19.6 Å². The van der Waals surface area contributed by atoms with Gasteiger partial charge in [-0.2, -0.15) is 5.10 Å². The molecule has 2 aromatic rings. The van der Waals surface area contributed by atoms with Crippen molar-refractivity contribution >= 4 is 5.91 Å². The minimum atomic E-state index is 0.123. The SMILES string of the molecule is Cc1nc(C)n(CCC(=O)NC2CCN(CC3(c4ccccc4)CCCC3)CC2)n1. The van der Waals surface area contributed by atoms with Gasteiger partial charge in [0.2, 0.25) is 5.91 Å². The predicted octanol–water partition coefficient (Wildman–Crippen LogP) is 3.38. The average molecular weight is 410 g/mol. The standard InChI is InChI=1S/C24H35N5O/c1-19-25-20(2)29(27-19)17-12-23(30)26-22-10-15-28(16-11-22)18-24(13-6-7-14-24)21-8-4-3-5-9-21/h3-5,8-9,22H,6-7,10-18H2,1-2H3,(H,26,30). The van der Waals surface area contributed by atoms with Crippen LogP contribution in [0.5, 0.6) is 0 Å². The van der Waals surface area contributed by atoms with Crippen LogP contribution in [0.15, 0.2) is 30.3 Å². The molecule has 1 aliphatic carbocycles. The van der Waals surface area contributed by atoms with Crippen LogP contribution < -0.4 is 5.32 Å². The number of piperidine rings is 1. The molecule has 1 aromatic heterocycles. The van der Waals surface area contributed by atoms with Gasteiger partial charge < -0.3 is 10.2 Å². The van der Waals surface area contributed by atoms with Crippen molar-refractivity contribution in [3.05, 3.63) is 47.5 Å². The number of carbonyl (C=O) groups excluding carboxylic acids is 1. The van der Waals surface area contributed by atoms with Gasteiger partial charge in [0.05, 0.1) is 6.54 Å². The predicted molar refractivity (Wildman–Crippen MR) is 118 cm³/mol. The van der Waals surface area contributed by atoms with Crippen LogP contribution in [0.2, 0.25) is 0 Å². The molecular weight excluding hydrogens is 374 g/mol. The number of hydrogen-bond donors (Lipinski definition) is 1. The minimum Gasteiger partial charge on any atom is -0.353 e. The number of nitrogens with zero attached hydrogens (tertiary/aromatic N) is 4. The highest BCUT2D eigenvalue weighted by Gasteiger charge is 2.37. The lowest BCUT2D eigenvalue weighted by Gasteiger charge is -2.39. The number of hydrogen-bond acceptors (Lipinski definition) is 4. The highest BCUT2D eigenvalue weighted by Crippen LogP contribution is 2.42. The summed E-state index contributed by atoms with van der Waals surface area (Å²) in [4.78, 5) is 19.3. The van der Waals surface area contributed by atoms with Crippen LogP contribution in [0.3, 0.4) is 0 Å². The first kappa shape index (κ1) is 21.0. The third-order valence-corrected chi connectivity index (χ3v) is 6.94. The van der Waals surface area contributed by atoms with E-state index < -0.39 is 0 Å². The van der Waals surface area contributed by atoms with Crippen LogP contribution in [0.4, 0.5) is 0 Å². The van der Waals surface area contributed by atoms with Crippen LogP contribution in [0.25, 0.3) is 0 Å². The molecule has 1 saturated carbocycles. The van der Waals surface area contributed by atoms with E-state index in [2.05, 4.69) is 50.6 Å². The highest BCUT2D eigenvalue weighted by atomic mass is 16.1. The zero-order valence-corrected chi connectivity index (χ0v) is 18.4. The van der Waals surface area contributed by atoms with Crippen molar-refractivity contribution < 1.29 is 4.79 Å². The monoisotopic (exact) mass is 409 g/mol. The Kier molecular flexibility index (Phi) is 6.52. The Hall–Kier alpha value is -2.21. The Bertz CT molecular complexity index is 833. The summed E-state index contributed by atoms with van der Waals surface area (Å²) in [5.41, 5.74) is 1.84. The fraction of sp³-hybridized carbons (Fsp3) is 0.625. The minimum absolute atomic E-state index is 0.123. The van der Waals surface area contributed by atoms with E-state index in [-0.39, 0.29) is 5.91 Å². The van der Waals surface area contributed by atoms with Crippen LogP contribution in [0.1, 0.15) is 62.2 Å². The molecule has 6 heteroatoms. The molecule has 4 rings (SSSR count). The maximum absolute atomic E-state index is 12.4. The average Bonchev–Trinajstić information content (AvgIpc) is 3.35. The van der Waals surface area contributed by atoms with Crippen LogP contribution >= 0.6 is 0 Å². The van der Waals surface area contributed by atoms with Gasteiger partial charge in [-0.25, -0.2) is 9.67 Å². The number of rotatable bonds is 7. The molecule has 1 aliphatic heterocycles. The highest BCUT2D eigenvalue weighted by molar-refractivity contribution is 5.76. The molecule has 30 heavy (non-hydrogen) atoms. The van der Waals surface area contributed by atoms with E-state index in [9.17, 15) is 4.79 Å². The lowest BCUT2D eigenvalue weighted by atomic mass is 9.78. The van der Waals surface area contributed by atoms with E-state index in [4.69, 9.17) is 0 Å². The van der Waals surface area contributed by atoms with Gasteiger partial charge in [0, 0.05) is 37.5 Å². The normalized spacial score (nSPS) is 19.8. The lowest BCUT2D eigenvalue weighted by molar-refractivity contribution is -0.122.